The van der Waals surface area contributed by atoms with Gasteiger partial charge >= 0.3 is 0 Å². The van der Waals surface area contributed by atoms with Crippen molar-refractivity contribution in [3.8, 4) is 17.1 Å². The second kappa shape index (κ2) is 8.46. The van der Waals surface area contributed by atoms with E-state index in [0.29, 0.717) is 30.3 Å². The zero-order valence-electron chi connectivity index (χ0n) is 15.2. The van der Waals surface area contributed by atoms with Gasteiger partial charge in [-0.1, -0.05) is 0 Å². The van der Waals surface area contributed by atoms with Crippen LogP contribution in [-0.2, 0) is 11.3 Å². The first-order chi connectivity index (χ1) is 12.6. The van der Waals surface area contributed by atoms with E-state index in [1.165, 1.54) is 12.8 Å². The van der Waals surface area contributed by atoms with Crippen molar-refractivity contribution in [2.24, 2.45) is 0 Å². The van der Waals surface area contributed by atoms with Crippen molar-refractivity contribution in [3.05, 3.63) is 29.0 Å². The third kappa shape index (κ3) is 4.70. The Balaban J connectivity index is 1.54. The molecule has 140 valence electrons. The van der Waals surface area contributed by atoms with Crippen molar-refractivity contribution in [1.29, 1.82) is 0 Å². The van der Waals surface area contributed by atoms with Crippen LogP contribution in [0.5, 0.6) is 5.75 Å². The third-order valence-electron chi connectivity index (χ3n) is 4.63. The fraction of sp³-hybridized carbons (Fsp3) is 0.500. The van der Waals surface area contributed by atoms with Crippen molar-refractivity contribution in [3.63, 3.8) is 0 Å². The molecule has 0 saturated heterocycles. The quantitative estimate of drug-likeness (QED) is 0.658. The summed E-state index contributed by atoms with van der Waals surface area (Å²) in [7, 11) is 3.74. The largest absolute Gasteiger partial charge is 0.497 e. The molecule has 3 rings (SSSR count). The fourth-order valence-electron chi connectivity index (χ4n) is 2.86. The number of H-pyrrole nitrogens is 1. The number of benzene rings is 1. The van der Waals surface area contributed by atoms with Gasteiger partial charge in [0.05, 0.1) is 7.11 Å². The first-order valence-electron chi connectivity index (χ1n) is 8.85. The van der Waals surface area contributed by atoms with Gasteiger partial charge in [-0.05, 0) is 56.4 Å². The van der Waals surface area contributed by atoms with Gasteiger partial charge in [-0.2, -0.15) is 5.10 Å². The van der Waals surface area contributed by atoms with E-state index in [-0.39, 0.29) is 5.91 Å². The Morgan fingerprint density at radius 1 is 1.42 bits per heavy atom. The second-order valence-electron chi connectivity index (χ2n) is 6.54. The monoisotopic (exact) mass is 375 g/mol. The molecule has 1 amide bonds. The maximum Gasteiger partial charge on any atom is 0.221 e. The highest BCUT2D eigenvalue weighted by Gasteiger charge is 2.25. The molecule has 26 heavy (non-hydrogen) atoms. The van der Waals surface area contributed by atoms with Gasteiger partial charge in [0.1, 0.15) is 5.75 Å². The minimum Gasteiger partial charge on any atom is -0.497 e. The van der Waals surface area contributed by atoms with Gasteiger partial charge in [0.2, 0.25) is 5.91 Å². The Morgan fingerprint density at radius 3 is 2.81 bits per heavy atom. The lowest BCUT2D eigenvalue weighted by Gasteiger charge is -2.15. The van der Waals surface area contributed by atoms with Crippen molar-refractivity contribution in [2.45, 2.75) is 31.8 Å². The smallest absolute Gasteiger partial charge is 0.221 e. The molecule has 0 radical (unpaired) electrons. The molecule has 7 nitrogen and oxygen atoms in total. The SMILES string of the molecule is COc1ccc(-c2n[nH]c(=S)n2CCC(=O)NCCN(C)C2CC2)cc1. The molecule has 2 aromatic rings. The lowest BCUT2D eigenvalue weighted by atomic mass is 10.2. The minimum absolute atomic E-state index is 0.0259. The van der Waals surface area contributed by atoms with E-state index in [1.807, 2.05) is 28.8 Å². The number of aromatic nitrogens is 3. The van der Waals surface area contributed by atoms with E-state index in [4.69, 9.17) is 17.0 Å². The Bertz CT molecular complexity index is 795. The molecule has 0 atom stereocenters. The number of likely N-dealkylation sites (N-methyl/N-ethyl adjacent to an activating group) is 1. The van der Waals surface area contributed by atoms with Crippen LogP contribution in [0.2, 0.25) is 0 Å². The van der Waals surface area contributed by atoms with Gasteiger partial charge in [0.15, 0.2) is 10.6 Å². The zero-order valence-corrected chi connectivity index (χ0v) is 16.0. The van der Waals surface area contributed by atoms with Crippen LogP contribution in [0.25, 0.3) is 11.4 Å². The molecule has 1 saturated carbocycles. The molecular formula is C18H25N5O2S. The number of hydrogen-bond acceptors (Lipinski definition) is 5. The Labute approximate surface area is 158 Å². The lowest BCUT2D eigenvalue weighted by Crippen LogP contribution is -2.34. The zero-order chi connectivity index (χ0) is 18.5. The average Bonchev–Trinajstić information content (AvgIpc) is 3.44. The number of carbonyl (C=O) groups excluding carboxylic acids is 1. The van der Waals surface area contributed by atoms with Crippen molar-refractivity contribution >= 4 is 18.1 Å². The molecule has 1 heterocycles. The molecule has 0 spiro atoms. The van der Waals surface area contributed by atoms with Crippen LogP contribution >= 0.6 is 12.2 Å². The fourth-order valence-corrected chi connectivity index (χ4v) is 3.08. The van der Waals surface area contributed by atoms with Crippen LogP contribution in [0.3, 0.4) is 0 Å². The highest BCUT2D eigenvalue weighted by Crippen LogP contribution is 2.24. The number of rotatable bonds is 9. The van der Waals surface area contributed by atoms with E-state index >= 15 is 0 Å². The molecule has 8 heteroatoms. The molecule has 0 unspecified atom stereocenters. The van der Waals surface area contributed by atoms with Gasteiger partial charge in [-0.15, -0.1) is 0 Å². The van der Waals surface area contributed by atoms with Crippen molar-refractivity contribution in [2.75, 3.05) is 27.2 Å². The first-order valence-corrected chi connectivity index (χ1v) is 9.26. The number of hydrogen-bond donors (Lipinski definition) is 2. The molecule has 2 N–H and O–H groups in total. The maximum absolute atomic E-state index is 12.1. The van der Waals surface area contributed by atoms with Crippen LogP contribution in [0, 0.1) is 4.77 Å². The van der Waals surface area contributed by atoms with E-state index in [0.717, 1.165) is 23.7 Å². The number of amides is 1. The standard InChI is InChI=1S/C18H25N5O2S/c1-22(14-5-6-14)12-10-19-16(24)9-11-23-17(20-21-18(23)26)13-3-7-15(25-2)8-4-13/h3-4,7-8,14H,5-6,9-12H2,1-2H3,(H,19,24)(H,21,26). The van der Waals surface area contributed by atoms with Gasteiger partial charge in [0, 0.05) is 37.7 Å². The maximum atomic E-state index is 12.1. The topological polar surface area (TPSA) is 75.2 Å². The number of aromatic amines is 1. The summed E-state index contributed by atoms with van der Waals surface area (Å²) in [4.78, 5) is 14.4. The molecule has 1 aromatic heterocycles. The van der Waals surface area contributed by atoms with E-state index in [2.05, 4.69) is 27.5 Å². The van der Waals surface area contributed by atoms with Gasteiger partial charge in [0.25, 0.3) is 0 Å². The van der Waals surface area contributed by atoms with Gasteiger partial charge < -0.3 is 15.0 Å². The summed E-state index contributed by atoms with van der Waals surface area (Å²) in [6, 6.07) is 8.31. The number of methoxy groups -OCH3 is 1. The Kier molecular flexibility index (Phi) is 6.05. The summed E-state index contributed by atoms with van der Waals surface area (Å²) in [6.07, 6.45) is 2.92. The number of nitrogens with one attached hydrogen (secondary N) is 2. The predicted octanol–water partition coefficient (Wildman–Crippen LogP) is 2.22. The molecule has 0 bridgehead atoms. The van der Waals surface area contributed by atoms with Crippen LogP contribution < -0.4 is 10.1 Å². The summed E-state index contributed by atoms with van der Waals surface area (Å²) >= 11 is 5.31. The van der Waals surface area contributed by atoms with E-state index < -0.39 is 0 Å². The van der Waals surface area contributed by atoms with Crippen LogP contribution in [0.15, 0.2) is 24.3 Å². The Hall–Kier alpha value is -2.19. The van der Waals surface area contributed by atoms with Crippen molar-refractivity contribution < 1.29 is 9.53 Å². The van der Waals surface area contributed by atoms with E-state index in [1.54, 1.807) is 7.11 Å². The highest BCUT2D eigenvalue weighted by molar-refractivity contribution is 7.71. The lowest BCUT2D eigenvalue weighted by molar-refractivity contribution is -0.121. The van der Waals surface area contributed by atoms with E-state index in [9.17, 15) is 4.79 Å². The minimum atomic E-state index is 0.0259. The number of carbonyl (C=O) groups is 1. The Morgan fingerprint density at radius 2 is 2.15 bits per heavy atom. The normalized spacial score (nSPS) is 13.8. The van der Waals surface area contributed by atoms with Crippen LogP contribution in [0.1, 0.15) is 19.3 Å². The van der Waals surface area contributed by atoms with Crippen molar-refractivity contribution in [1.82, 2.24) is 25.0 Å². The van der Waals surface area contributed by atoms with Crippen LogP contribution in [-0.4, -0.2) is 58.9 Å². The van der Waals surface area contributed by atoms with Crippen LogP contribution in [0.4, 0.5) is 0 Å². The molecule has 1 fully saturated rings. The number of ether oxygens (including phenoxy) is 1. The first kappa shape index (κ1) is 18.6. The second-order valence-corrected chi connectivity index (χ2v) is 6.93. The molecular weight excluding hydrogens is 350 g/mol. The molecule has 1 aliphatic carbocycles. The third-order valence-corrected chi connectivity index (χ3v) is 4.94. The number of nitrogens with zero attached hydrogens (tertiary/aromatic N) is 3. The molecule has 1 aromatic carbocycles. The summed E-state index contributed by atoms with van der Waals surface area (Å²) in [5.74, 6) is 1.53. The summed E-state index contributed by atoms with van der Waals surface area (Å²) in [5, 5.41) is 10.1. The predicted molar refractivity (Wildman–Crippen MR) is 103 cm³/mol. The molecule has 0 aliphatic heterocycles. The van der Waals surface area contributed by atoms with Gasteiger partial charge in [-0.25, -0.2) is 0 Å². The summed E-state index contributed by atoms with van der Waals surface area (Å²) in [5.41, 5.74) is 0.921. The van der Waals surface area contributed by atoms with Gasteiger partial charge in [-0.3, -0.25) is 14.5 Å². The summed E-state index contributed by atoms with van der Waals surface area (Å²) < 4.78 is 7.55. The average molecular weight is 375 g/mol. The highest BCUT2D eigenvalue weighted by atomic mass is 32.1. The molecule has 1 aliphatic rings. The summed E-state index contributed by atoms with van der Waals surface area (Å²) in [6.45, 7) is 2.05.